The molecule has 2 aromatic carbocycles. The number of carbonyl (C=O) groups excluding carboxylic acids is 1. The fourth-order valence-electron chi connectivity index (χ4n) is 4.11. The van der Waals surface area contributed by atoms with Gasteiger partial charge in [0.15, 0.2) is 17.3 Å². The Morgan fingerprint density at radius 3 is 2.54 bits per heavy atom. The molecule has 1 aliphatic heterocycles. The molecule has 0 aliphatic carbocycles. The van der Waals surface area contributed by atoms with Crippen LogP contribution in [-0.2, 0) is 4.79 Å². The predicted molar refractivity (Wildman–Crippen MR) is 132 cm³/mol. The van der Waals surface area contributed by atoms with Gasteiger partial charge < -0.3 is 20.1 Å². The number of aromatic nitrogens is 4. The number of para-hydroxylation sites is 1. The Morgan fingerprint density at radius 2 is 1.83 bits per heavy atom. The number of rotatable bonds is 6. The van der Waals surface area contributed by atoms with Gasteiger partial charge in [0.2, 0.25) is 5.95 Å². The molecule has 3 heterocycles. The van der Waals surface area contributed by atoms with Crippen molar-refractivity contribution in [1.29, 1.82) is 0 Å². The summed E-state index contributed by atoms with van der Waals surface area (Å²) in [7, 11) is 3.16. The second-order valence-electron chi connectivity index (χ2n) is 7.95. The first kappa shape index (κ1) is 22.1. The fraction of sp³-hybridized carbons (Fsp3) is 0.154. The van der Waals surface area contributed by atoms with Crippen LogP contribution in [0.5, 0.6) is 11.5 Å². The zero-order valence-electron chi connectivity index (χ0n) is 19.5. The molecule has 5 rings (SSSR count). The van der Waals surface area contributed by atoms with Crippen LogP contribution in [0.3, 0.4) is 0 Å². The van der Waals surface area contributed by atoms with Crippen LogP contribution in [0, 0.1) is 0 Å². The van der Waals surface area contributed by atoms with Crippen LogP contribution in [0.25, 0.3) is 11.4 Å². The summed E-state index contributed by atoms with van der Waals surface area (Å²) in [6.07, 6.45) is 3.40. The van der Waals surface area contributed by atoms with Crippen LogP contribution in [0.1, 0.15) is 18.5 Å². The standard InChI is InChI=1S/C26H24N6O3/c1-16-22(25(33)29-19-9-5-4-6-10-19)23(17-11-12-20(34-2)21(14-17)35-3)32-26(28-16)30-24(31-32)18-8-7-13-27-15-18/h4-15,23H,1-3H3,(H,29,33)(H,28,30,31). The molecule has 176 valence electrons. The summed E-state index contributed by atoms with van der Waals surface area (Å²) in [6.45, 7) is 1.86. The second-order valence-corrected chi connectivity index (χ2v) is 7.95. The van der Waals surface area contributed by atoms with Gasteiger partial charge in [-0.05, 0) is 48.9 Å². The fourth-order valence-corrected chi connectivity index (χ4v) is 4.11. The monoisotopic (exact) mass is 468 g/mol. The largest absolute Gasteiger partial charge is 0.493 e. The zero-order chi connectivity index (χ0) is 24.4. The maximum absolute atomic E-state index is 13.6. The van der Waals surface area contributed by atoms with Crippen LogP contribution < -0.4 is 20.1 Å². The maximum atomic E-state index is 13.6. The van der Waals surface area contributed by atoms with E-state index in [1.54, 1.807) is 31.3 Å². The third-order valence-electron chi connectivity index (χ3n) is 5.77. The van der Waals surface area contributed by atoms with Crippen molar-refractivity contribution < 1.29 is 14.3 Å². The summed E-state index contributed by atoms with van der Waals surface area (Å²) in [6, 6.07) is 18.1. The van der Waals surface area contributed by atoms with E-state index in [1.807, 2.05) is 67.6 Å². The molecular weight excluding hydrogens is 444 g/mol. The molecule has 9 nitrogen and oxygen atoms in total. The minimum absolute atomic E-state index is 0.245. The van der Waals surface area contributed by atoms with Crippen molar-refractivity contribution in [3.63, 3.8) is 0 Å². The summed E-state index contributed by atoms with van der Waals surface area (Å²) in [5, 5.41) is 11.0. The number of nitrogens with one attached hydrogen (secondary N) is 2. The number of nitrogens with zero attached hydrogens (tertiary/aromatic N) is 4. The van der Waals surface area contributed by atoms with Gasteiger partial charge in [-0.3, -0.25) is 9.78 Å². The van der Waals surface area contributed by atoms with Gasteiger partial charge in [0.25, 0.3) is 5.91 Å². The SMILES string of the molecule is COc1ccc(C2C(C(=O)Nc3ccccc3)=C(C)Nc3nc(-c4cccnc4)nn32)cc1OC. The van der Waals surface area contributed by atoms with Gasteiger partial charge in [0, 0.05) is 29.3 Å². The van der Waals surface area contributed by atoms with E-state index in [-0.39, 0.29) is 5.91 Å². The van der Waals surface area contributed by atoms with Crippen molar-refractivity contribution in [2.45, 2.75) is 13.0 Å². The minimum atomic E-state index is -0.562. The van der Waals surface area contributed by atoms with Crippen molar-refractivity contribution in [2.75, 3.05) is 24.9 Å². The molecule has 1 aliphatic rings. The van der Waals surface area contributed by atoms with Crippen LogP contribution >= 0.6 is 0 Å². The van der Waals surface area contributed by atoms with Gasteiger partial charge in [0.1, 0.15) is 6.04 Å². The summed E-state index contributed by atoms with van der Waals surface area (Å²) in [5.74, 6) is 1.93. The van der Waals surface area contributed by atoms with E-state index < -0.39 is 6.04 Å². The first-order chi connectivity index (χ1) is 17.1. The molecule has 0 fully saturated rings. The van der Waals surface area contributed by atoms with Crippen LogP contribution in [0.2, 0.25) is 0 Å². The number of hydrogen-bond acceptors (Lipinski definition) is 7. The second kappa shape index (κ2) is 9.30. The number of methoxy groups -OCH3 is 2. The van der Waals surface area contributed by atoms with Crippen molar-refractivity contribution in [3.05, 3.63) is 89.9 Å². The van der Waals surface area contributed by atoms with Gasteiger partial charge in [-0.1, -0.05) is 24.3 Å². The third kappa shape index (κ3) is 4.19. The van der Waals surface area contributed by atoms with E-state index in [1.165, 1.54) is 0 Å². The number of anilines is 2. The summed E-state index contributed by atoms with van der Waals surface area (Å²) < 4.78 is 12.7. The normalized spacial score (nSPS) is 14.7. The quantitative estimate of drug-likeness (QED) is 0.435. The lowest BCUT2D eigenvalue weighted by molar-refractivity contribution is -0.113. The number of fused-ring (bicyclic) bond motifs is 1. The zero-order valence-corrected chi connectivity index (χ0v) is 19.5. The average Bonchev–Trinajstić information content (AvgIpc) is 3.32. The molecule has 0 spiro atoms. The van der Waals surface area contributed by atoms with E-state index in [2.05, 4.69) is 20.6 Å². The third-order valence-corrected chi connectivity index (χ3v) is 5.77. The Hall–Kier alpha value is -4.66. The first-order valence-corrected chi connectivity index (χ1v) is 11.0. The Kier molecular flexibility index (Phi) is 5.88. The van der Waals surface area contributed by atoms with Crippen LogP contribution in [0.15, 0.2) is 84.3 Å². The molecule has 0 saturated carbocycles. The highest BCUT2D eigenvalue weighted by Gasteiger charge is 2.35. The average molecular weight is 469 g/mol. The van der Waals surface area contributed by atoms with E-state index in [0.29, 0.717) is 40.2 Å². The topological polar surface area (TPSA) is 103 Å². The molecule has 9 heteroatoms. The molecule has 1 atom stereocenters. The highest BCUT2D eigenvalue weighted by molar-refractivity contribution is 6.06. The lowest BCUT2D eigenvalue weighted by atomic mass is 9.94. The number of amides is 1. The number of allylic oxidation sites excluding steroid dienone is 1. The van der Waals surface area contributed by atoms with Crippen LogP contribution in [0.4, 0.5) is 11.6 Å². The first-order valence-electron chi connectivity index (χ1n) is 11.0. The molecule has 1 unspecified atom stereocenters. The van der Waals surface area contributed by atoms with Gasteiger partial charge in [-0.25, -0.2) is 4.68 Å². The summed E-state index contributed by atoms with van der Waals surface area (Å²) in [4.78, 5) is 22.4. The number of pyridine rings is 1. The number of hydrogen-bond donors (Lipinski definition) is 2. The van der Waals surface area contributed by atoms with Crippen molar-refractivity contribution in [3.8, 4) is 22.9 Å². The predicted octanol–water partition coefficient (Wildman–Crippen LogP) is 4.28. The van der Waals surface area contributed by atoms with E-state index in [9.17, 15) is 4.79 Å². The van der Waals surface area contributed by atoms with Crippen LogP contribution in [-0.4, -0.2) is 39.9 Å². The molecule has 1 amide bonds. The molecule has 35 heavy (non-hydrogen) atoms. The maximum Gasteiger partial charge on any atom is 0.255 e. The van der Waals surface area contributed by atoms with E-state index in [4.69, 9.17) is 14.6 Å². The Morgan fingerprint density at radius 1 is 1.03 bits per heavy atom. The Balaban J connectivity index is 1.63. The molecule has 2 aromatic heterocycles. The van der Waals surface area contributed by atoms with Gasteiger partial charge in [-0.2, -0.15) is 4.98 Å². The molecule has 0 radical (unpaired) electrons. The van der Waals surface area contributed by atoms with Crippen molar-refractivity contribution in [1.82, 2.24) is 19.7 Å². The number of carbonyl (C=O) groups is 1. The van der Waals surface area contributed by atoms with Gasteiger partial charge in [0.05, 0.1) is 19.8 Å². The highest BCUT2D eigenvalue weighted by Crippen LogP contribution is 2.39. The molecule has 0 bridgehead atoms. The van der Waals surface area contributed by atoms with E-state index >= 15 is 0 Å². The lowest BCUT2D eigenvalue weighted by Crippen LogP contribution is -2.31. The molecule has 4 aromatic rings. The molecule has 0 saturated heterocycles. The van der Waals surface area contributed by atoms with Gasteiger partial charge in [-0.15, -0.1) is 5.10 Å². The highest BCUT2D eigenvalue weighted by atomic mass is 16.5. The van der Waals surface area contributed by atoms with Gasteiger partial charge >= 0.3 is 0 Å². The number of ether oxygens (including phenoxy) is 2. The smallest absolute Gasteiger partial charge is 0.255 e. The summed E-state index contributed by atoms with van der Waals surface area (Å²) >= 11 is 0. The van der Waals surface area contributed by atoms with E-state index in [0.717, 1.165) is 11.1 Å². The van der Waals surface area contributed by atoms with Crippen molar-refractivity contribution >= 4 is 17.5 Å². The lowest BCUT2D eigenvalue weighted by Gasteiger charge is -2.29. The Bertz CT molecular complexity index is 1400. The molecular formula is C26H24N6O3. The Labute approximate surface area is 202 Å². The van der Waals surface area contributed by atoms with Crippen molar-refractivity contribution in [2.24, 2.45) is 0 Å². The molecule has 2 N–H and O–H groups in total. The minimum Gasteiger partial charge on any atom is -0.493 e. The number of benzene rings is 2. The summed E-state index contributed by atoms with van der Waals surface area (Å²) in [5.41, 5.74) is 3.46.